The molecule has 0 atom stereocenters. The molecule has 0 radical (unpaired) electrons. The first-order chi connectivity index (χ1) is 6.34. The van der Waals surface area contributed by atoms with Crippen LogP contribution in [0.2, 0.25) is 0 Å². The van der Waals surface area contributed by atoms with E-state index in [0.29, 0.717) is 5.57 Å². The number of carbonyl (C=O) groups excluding carboxylic acids is 1. The molecule has 0 aromatic rings. The Kier molecular flexibility index (Phi) is 3.46. The molecule has 2 heteroatoms. The van der Waals surface area contributed by atoms with Crippen LogP contribution in [0.5, 0.6) is 0 Å². The number of nitrogens with zero attached hydrogens (tertiary/aromatic N) is 1. The summed E-state index contributed by atoms with van der Waals surface area (Å²) < 4.78 is 0. The Bertz CT molecular complexity index is 351. The molecule has 0 amide bonds. The van der Waals surface area contributed by atoms with Gasteiger partial charge in [0.05, 0.1) is 12.5 Å². The highest BCUT2D eigenvalue weighted by atomic mass is 16.1. The van der Waals surface area contributed by atoms with E-state index in [0.717, 1.165) is 0 Å². The Morgan fingerprint density at radius 2 is 1.92 bits per heavy atom. The molecule has 0 saturated carbocycles. The number of Topliss-reactive ketones (excluding diaryl/α,β-unsaturated/α-hetero) is 1. The molecule has 64 valence electrons. The maximum Gasteiger partial charge on any atom is 0.176 e. The lowest BCUT2D eigenvalue weighted by Crippen LogP contribution is -1.98. The average Bonchev–Trinajstić information content (AvgIpc) is 2.03. The van der Waals surface area contributed by atoms with Crippen molar-refractivity contribution in [2.45, 2.75) is 6.42 Å². The predicted molar refractivity (Wildman–Crippen MR) is 50.7 cm³/mol. The molecule has 1 rings (SSSR count). The quantitative estimate of drug-likeness (QED) is 0.638. The van der Waals surface area contributed by atoms with Crippen molar-refractivity contribution in [3.05, 3.63) is 48.1 Å². The first-order valence-electron chi connectivity index (χ1n) is 3.96. The fraction of sp³-hybridized carbons (Fsp3) is 0.0909. The highest BCUT2D eigenvalue weighted by Crippen LogP contribution is 2.04. The van der Waals surface area contributed by atoms with E-state index in [1.54, 1.807) is 24.3 Å². The molecule has 0 saturated heterocycles. The van der Waals surface area contributed by atoms with E-state index in [2.05, 4.69) is 0 Å². The van der Waals surface area contributed by atoms with Gasteiger partial charge in [0.15, 0.2) is 5.78 Å². The normalized spacial score (nSPS) is 25.6. The van der Waals surface area contributed by atoms with Crippen LogP contribution in [0, 0.1) is 11.3 Å². The molecule has 0 unspecified atom stereocenters. The Balaban J connectivity index is 2.80. The Morgan fingerprint density at radius 3 is 2.69 bits per heavy atom. The zero-order valence-electron chi connectivity index (χ0n) is 7.10. The van der Waals surface area contributed by atoms with E-state index in [9.17, 15) is 4.79 Å². The average molecular weight is 171 g/mol. The summed E-state index contributed by atoms with van der Waals surface area (Å²) in [6.07, 6.45) is 12.5. The van der Waals surface area contributed by atoms with Crippen LogP contribution >= 0.6 is 0 Å². The fourth-order valence-electron chi connectivity index (χ4n) is 0.926. The number of hydrogen-bond acceptors (Lipinski definition) is 2. The van der Waals surface area contributed by atoms with E-state index < -0.39 is 0 Å². The minimum atomic E-state index is -0.140. The van der Waals surface area contributed by atoms with Crippen LogP contribution in [0.1, 0.15) is 6.42 Å². The fourth-order valence-corrected chi connectivity index (χ4v) is 0.926. The summed E-state index contributed by atoms with van der Waals surface area (Å²) in [7, 11) is 0. The molecule has 0 heterocycles. The zero-order chi connectivity index (χ0) is 9.52. The van der Waals surface area contributed by atoms with Gasteiger partial charge in [-0.2, -0.15) is 5.26 Å². The smallest absolute Gasteiger partial charge is 0.176 e. The van der Waals surface area contributed by atoms with E-state index in [1.165, 1.54) is 0 Å². The standard InChI is InChI=1S/C11H9NO/c12-9-8-11(13)10-6-4-2-1-3-5-7-10/h1-7H,8H2/b2-1-,3-1?,4-2?,5-3-,6-4-,7-5?,10-6?,10-7+. The topological polar surface area (TPSA) is 40.9 Å². The van der Waals surface area contributed by atoms with Crippen LogP contribution in [0.3, 0.4) is 0 Å². The van der Waals surface area contributed by atoms with Crippen LogP contribution < -0.4 is 0 Å². The van der Waals surface area contributed by atoms with Gasteiger partial charge in [0.25, 0.3) is 0 Å². The molecule has 0 fully saturated rings. The van der Waals surface area contributed by atoms with Gasteiger partial charge in [0, 0.05) is 5.57 Å². The summed E-state index contributed by atoms with van der Waals surface area (Å²) in [5, 5.41) is 8.34. The summed E-state index contributed by atoms with van der Waals surface area (Å²) in [5.74, 6) is -0.140. The predicted octanol–water partition coefficient (Wildman–Crippen LogP) is 2.08. The molecule has 0 aromatic heterocycles. The largest absolute Gasteiger partial charge is 0.293 e. The molecule has 1 aliphatic carbocycles. The van der Waals surface area contributed by atoms with Gasteiger partial charge in [0.2, 0.25) is 0 Å². The van der Waals surface area contributed by atoms with Crippen molar-refractivity contribution in [1.29, 1.82) is 5.26 Å². The van der Waals surface area contributed by atoms with Gasteiger partial charge in [-0.05, 0) is 0 Å². The third-order valence-electron chi connectivity index (χ3n) is 1.56. The van der Waals surface area contributed by atoms with Crippen LogP contribution in [-0.4, -0.2) is 5.78 Å². The monoisotopic (exact) mass is 171 g/mol. The Labute approximate surface area is 77.2 Å². The van der Waals surface area contributed by atoms with Gasteiger partial charge in [-0.1, -0.05) is 42.5 Å². The third-order valence-corrected chi connectivity index (χ3v) is 1.56. The van der Waals surface area contributed by atoms with Gasteiger partial charge < -0.3 is 0 Å². The van der Waals surface area contributed by atoms with Crippen molar-refractivity contribution in [2.24, 2.45) is 0 Å². The molecule has 0 aromatic carbocycles. The second-order valence-electron chi connectivity index (χ2n) is 2.51. The van der Waals surface area contributed by atoms with Crippen LogP contribution in [0.4, 0.5) is 0 Å². The van der Waals surface area contributed by atoms with E-state index in [-0.39, 0.29) is 12.2 Å². The first kappa shape index (κ1) is 9.21. The highest BCUT2D eigenvalue weighted by Gasteiger charge is 2.03. The van der Waals surface area contributed by atoms with Crippen molar-refractivity contribution in [3.63, 3.8) is 0 Å². The molecule has 2 nitrogen and oxygen atoms in total. The summed E-state index contributed by atoms with van der Waals surface area (Å²) in [5.41, 5.74) is 0.571. The maximum absolute atomic E-state index is 11.3. The lowest BCUT2D eigenvalue weighted by Gasteiger charge is -1.95. The molecule has 0 bridgehead atoms. The molecule has 0 spiro atoms. The molecular weight excluding hydrogens is 162 g/mol. The van der Waals surface area contributed by atoms with Gasteiger partial charge in [-0.25, -0.2) is 0 Å². The van der Waals surface area contributed by atoms with Crippen molar-refractivity contribution in [1.82, 2.24) is 0 Å². The third kappa shape index (κ3) is 2.92. The van der Waals surface area contributed by atoms with Crippen molar-refractivity contribution >= 4 is 5.78 Å². The molecule has 1 aliphatic rings. The number of allylic oxidation sites excluding steroid dienone is 8. The summed E-state index contributed by atoms with van der Waals surface area (Å²) >= 11 is 0. The van der Waals surface area contributed by atoms with E-state index >= 15 is 0 Å². The second kappa shape index (κ2) is 4.89. The minimum Gasteiger partial charge on any atom is -0.293 e. The number of ketones is 1. The van der Waals surface area contributed by atoms with Gasteiger partial charge in [0.1, 0.15) is 0 Å². The van der Waals surface area contributed by atoms with Crippen molar-refractivity contribution in [2.75, 3.05) is 0 Å². The van der Waals surface area contributed by atoms with Gasteiger partial charge >= 0.3 is 0 Å². The van der Waals surface area contributed by atoms with Crippen molar-refractivity contribution in [3.8, 4) is 6.07 Å². The van der Waals surface area contributed by atoms with Crippen LogP contribution in [-0.2, 0) is 4.79 Å². The summed E-state index contributed by atoms with van der Waals surface area (Å²) in [6, 6.07) is 1.83. The van der Waals surface area contributed by atoms with Gasteiger partial charge in [-0.3, -0.25) is 4.79 Å². The Morgan fingerprint density at radius 1 is 1.23 bits per heavy atom. The van der Waals surface area contributed by atoms with E-state index in [1.807, 2.05) is 24.3 Å². The maximum atomic E-state index is 11.3. The molecule has 0 N–H and O–H groups in total. The Hall–Kier alpha value is -1.88. The molecular formula is C11H9NO. The lowest BCUT2D eigenvalue weighted by atomic mass is 10.1. The first-order valence-corrected chi connectivity index (χ1v) is 3.96. The highest BCUT2D eigenvalue weighted by molar-refractivity contribution is 5.99. The number of rotatable bonds is 2. The second-order valence-corrected chi connectivity index (χ2v) is 2.51. The number of carbonyl (C=O) groups is 1. The number of hydrogen-bond donors (Lipinski definition) is 0. The SMILES string of the molecule is N#CCC(=O)C1=C/C=C\C=C/C=C\1. The van der Waals surface area contributed by atoms with Crippen LogP contribution in [0.25, 0.3) is 0 Å². The number of nitriles is 1. The van der Waals surface area contributed by atoms with Crippen molar-refractivity contribution < 1.29 is 4.79 Å². The summed E-state index contributed by atoms with van der Waals surface area (Å²) in [6.45, 7) is 0. The van der Waals surface area contributed by atoms with E-state index in [4.69, 9.17) is 5.26 Å². The zero-order valence-corrected chi connectivity index (χ0v) is 7.10. The lowest BCUT2D eigenvalue weighted by molar-refractivity contribution is -0.114. The molecule has 0 aliphatic heterocycles. The van der Waals surface area contributed by atoms with Gasteiger partial charge in [-0.15, -0.1) is 0 Å². The molecule has 13 heavy (non-hydrogen) atoms. The summed E-state index contributed by atoms with van der Waals surface area (Å²) in [4.78, 5) is 11.3. The van der Waals surface area contributed by atoms with Crippen LogP contribution in [0.15, 0.2) is 48.1 Å². The minimum absolute atomic E-state index is 0.0618.